The van der Waals surface area contributed by atoms with Crippen LogP contribution in [0.5, 0.6) is 0 Å². The Morgan fingerprint density at radius 2 is 2.09 bits per heavy atom. The molecule has 66 valence electrons. The molecule has 4 heteroatoms. The predicted molar refractivity (Wildman–Crippen MR) is 46.0 cm³/mol. The lowest BCUT2D eigenvalue weighted by Crippen LogP contribution is -2.15. The first kappa shape index (κ1) is 10.9. The van der Waals surface area contributed by atoms with Crippen LogP contribution in [0, 0.1) is 0 Å². The van der Waals surface area contributed by atoms with E-state index in [2.05, 4.69) is 0 Å². The minimum atomic E-state index is -0.167. The van der Waals surface area contributed by atoms with Crippen molar-refractivity contribution in [1.82, 2.24) is 0 Å². The van der Waals surface area contributed by atoms with Crippen LogP contribution in [0.3, 0.4) is 0 Å². The van der Waals surface area contributed by atoms with E-state index in [1.165, 1.54) is 0 Å². The summed E-state index contributed by atoms with van der Waals surface area (Å²) in [5.41, 5.74) is -0.116. The predicted octanol–water partition coefficient (Wildman–Crippen LogP) is 1.57. The zero-order valence-corrected chi connectivity index (χ0v) is 8.22. The fraction of sp³-hybridized carbons (Fsp3) is 0.857. The molecule has 0 aromatic carbocycles. The summed E-state index contributed by atoms with van der Waals surface area (Å²) in [6.07, 6.45) is 0. The summed E-state index contributed by atoms with van der Waals surface area (Å²) in [4.78, 5) is 11.0. The normalized spacial score (nSPS) is 13.7. The fourth-order valence-electron chi connectivity index (χ4n) is 0.524. The van der Waals surface area contributed by atoms with E-state index in [9.17, 15) is 4.79 Å². The zero-order chi connectivity index (χ0) is 8.69. The molecule has 0 rings (SSSR count). The van der Waals surface area contributed by atoms with Crippen molar-refractivity contribution in [1.29, 1.82) is 0 Å². The Balaban J connectivity index is 3.46. The van der Waals surface area contributed by atoms with E-state index in [4.69, 9.17) is 9.26 Å². The van der Waals surface area contributed by atoms with Gasteiger partial charge in [0.25, 0.3) is 0 Å². The van der Waals surface area contributed by atoms with E-state index in [1.807, 2.05) is 13.8 Å². The second-order valence-corrected chi connectivity index (χ2v) is 3.42. The van der Waals surface area contributed by atoms with Gasteiger partial charge in [0.15, 0.2) is 0 Å². The quantitative estimate of drug-likeness (QED) is 0.473. The second-order valence-electron chi connectivity index (χ2n) is 2.02. The zero-order valence-electron chi connectivity index (χ0n) is 7.22. The summed E-state index contributed by atoms with van der Waals surface area (Å²) >= 11 is 0. The van der Waals surface area contributed by atoms with Crippen LogP contribution in [0.4, 0.5) is 0 Å². The molecule has 0 saturated heterocycles. The number of carbonyl (C=O) groups excluding carboxylic acids is 1. The van der Waals surface area contributed by atoms with Crippen LogP contribution in [0.1, 0.15) is 20.8 Å². The first-order valence-electron chi connectivity index (χ1n) is 3.76. The van der Waals surface area contributed by atoms with Gasteiger partial charge in [-0.05, 0) is 20.8 Å². The van der Waals surface area contributed by atoms with Gasteiger partial charge in [0.05, 0.1) is 12.3 Å². The highest BCUT2D eigenvalue weighted by molar-refractivity contribution is 7.34. The molecule has 11 heavy (non-hydrogen) atoms. The molecule has 2 unspecified atom stereocenters. The highest BCUT2D eigenvalue weighted by atomic mass is 31.1. The van der Waals surface area contributed by atoms with Crippen molar-refractivity contribution in [3.63, 3.8) is 0 Å². The molecular weight excluding hydrogens is 163 g/mol. The molecule has 0 fully saturated rings. The lowest BCUT2D eigenvalue weighted by Gasteiger charge is -2.08. The second kappa shape index (κ2) is 6.56. The molecule has 0 aliphatic rings. The Kier molecular flexibility index (Phi) is 6.48. The molecule has 0 spiro atoms. The third-order valence-corrected chi connectivity index (χ3v) is 2.09. The molecule has 0 amide bonds. The van der Waals surface area contributed by atoms with E-state index in [1.54, 1.807) is 6.92 Å². The smallest absolute Gasteiger partial charge is 0.315 e. The van der Waals surface area contributed by atoms with Gasteiger partial charge < -0.3 is 9.26 Å². The molecule has 0 heterocycles. The van der Waals surface area contributed by atoms with E-state index < -0.39 is 0 Å². The van der Waals surface area contributed by atoms with Crippen LogP contribution in [0.2, 0.25) is 0 Å². The van der Waals surface area contributed by atoms with Crippen LogP contribution in [-0.2, 0) is 14.1 Å². The van der Waals surface area contributed by atoms with Crippen molar-refractivity contribution in [2.45, 2.75) is 26.4 Å². The van der Waals surface area contributed by atoms with Gasteiger partial charge in [0.2, 0.25) is 0 Å². The molecule has 0 aromatic heterocycles. The molecule has 0 bridgehead atoms. The summed E-state index contributed by atoms with van der Waals surface area (Å²) in [6.45, 7) is 6.62. The molecule has 0 radical (unpaired) electrons. The van der Waals surface area contributed by atoms with Crippen molar-refractivity contribution in [3.8, 4) is 0 Å². The number of carbonyl (C=O) groups is 1. The molecule has 3 nitrogen and oxygen atoms in total. The third kappa shape index (κ3) is 5.16. The van der Waals surface area contributed by atoms with E-state index in [0.29, 0.717) is 13.2 Å². The van der Waals surface area contributed by atoms with E-state index >= 15 is 0 Å². The molecular formula is C7H15O3P. The van der Waals surface area contributed by atoms with Gasteiger partial charge in [-0.15, -0.1) is 0 Å². The molecule has 0 N–H and O–H groups in total. The maximum absolute atomic E-state index is 11.0. The Labute approximate surface area is 69.3 Å². The lowest BCUT2D eigenvalue weighted by atomic mass is 10.5. The summed E-state index contributed by atoms with van der Waals surface area (Å²) < 4.78 is 9.88. The molecule has 0 aliphatic carbocycles. The highest BCUT2D eigenvalue weighted by Crippen LogP contribution is 2.20. The van der Waals surface area contributed by atoms with Gasteiger partial charge in [-0.25, -0.2) is 0 Å². The van der Waals surface area contributed by atoms with Crippen molar-refractivity contribution >= 4 is 14.8 Å². The first-order chi connectivity index (χ1) is 5.22. The molecule has 0 aromatic rings. The van der Waals surface area contributed by atoms with Crippen molar-refractivity contribution in [3.05, 3.63) is 0 Å². The highest BCUT2D eigenvalue weighted by Gasteiger charge is 2.13. The summed E-state index contributed by atoms with van der Waals surface area (Å²) in [5, 5.41) is 0. The standard InChI is InChI=1S/C7H15O3P/c1-4-9-7(8)6(3)11-10-5-2/h6,11H,4-5H2,1-3H3. The van der Waals surface area contributed by atoms with Crippen molar-refractivity contribution in [2.24, 2.45) is 0 Å². The van der Waals surface area contributed by atoms with E-state index in [0.717, 1.165) is 0 Å². The number of hydrogen-bond donors (Lipinski definition) is 0. The van der Waals surface area contributed by atoms with Gasteiger partial charge in [-0.2, -0.15) is 0 Å². The Hall–Kier alpha value is -0.140. The van der Waals surface area contributed by atoms with Gasteiger partial charge in [0, 0.05) is 15.4 Å². The number of rotatable bonds is 5. The molecule has 0 saturated carbocycles. The summed E-state index contributed by atoms with van der Waals surface area (Å²) in [6, 6.07) is 0. The topological polar surface area (TPSA) is 35.5 Å². The minimum Gasteiger partial charge on any atom is -0.465 e. The lowest BCUT2D eigenvalue weighted by molar-refractivity contribution is -0.142. The summed E-state index contributed by atoms with van der Waals surface area (Å²) in [5.74, 6) is -0.167. The number of ether oxygens (including phenoxy) is 1. The van der Waals surface area contributed by atoms with Gasteiger partial charge in [0.1, 0.15) is 0 Å². The van der Waals surface area contributed by atoms with Crippen LogP contribution >= 0.6 is 8.81 Å². The van der Waals surface area contributed by atoms with Crippen molar-refractivity contribution in [2.75, 3.05) is 13.2 Å². The van der Waals surface area contributed by atoms with Crippen molar-refractivity contribution < 1.29 is 14.1 Å². The molecule has 0 aliphatic heterocycles. The monoisotopic (exact) mass is 178 g/mol. The third-order valence-electron chi connectivity index (χ3n) is 1.04. The first-order valence-corrected chi connectivity index (χ1v) is 4.74. The van der Waals surface area contributed by atoms with Crippen LogP contribution < -0.4 is 0 Å². The average Bonchev–Trinajstić information content (AvgIpc) is 2.00. The SMILES string of the molecule is CCOPC(C)C(=O)OCC. The Morgan fingerprint density at radius 1 is 1.45 bits per heavy atom. The Morgan fingerprint density at radius 3 is 2.55 bits per heavy atom. The van der Waals surface area contributed by atoms with E-state index in [-0.39, 0.29) is 20.4 Å². The molecule has 2 atom stereocenters. The average molecular weight is 178 g/mol. The van der Waals surface area contributed by atoms with Gasteiger partial charge in [-0.3, -0.25) is 4.79 Å². The largest absolute Gasteiger partial charge is 0.465 e. The Bertz CT molecular complexity index is 116. The maximum Gasteiger partial charge on any atom is 0.315 e. The van der Waals surface area contributed by atoms with Crippen LogP contribution in [0.15, 0.2) is 0 Å². The maximum atomic E-state index is 11.0. The fourth-order valence-corrected chi connectivity index (χ4v) is 1.12. The van der Waals surface area contributed by atoms with Gasteiger partial charge in [-0.1, -0.05) is 0 Å². The summed E-state index contributed by atoms with van der Waals surface area (Å²) in [7, 11) is 0.222. The van der Waals surface area contributed by atoms with Gasteiger partial charge >= 0.3 is 5.97 Å². The minimum absolute atomic E-state index is 0.116. The number of esters is 1. The van der Waals surface area contributed by atoms with Crippen LogP contribution in [0.25, 0.3) is 0 Å². The number of hydrogen-bond acceptors (Lipinski definition) is 3. The van der Waals surface area contributed by atoms with Crippen LogP contribution in [-0.4, -0.2) is 24.8 Å².